The zero-order valence-corrected chi connectivity index (χ0v) is 14.2. The summed E-state index contributed by atoms with van der Waals surface area (Å²) in [6, 6.07) is 6.03. The molecule has 1 fully saturated rings. The van der Waals surface area contributed by atoms with E-state index in [1.165, 1.54) is 0 Å². The number of hydrogen-bond donors (Lipinski definition) is 1. The highest BCUT2D eigenvalue weighted by Gasteiger charge is 2.23. The maximum absolute atomic E-state index is 10.4. The molecule has 0 amide bonds. The summed E-state index contributed by atoms with van der Waals surface area (Å²) in [5, 5.41) is 11.3. The van der Waals surface area contributed by atoms with Crippen molar-refractivity contribution < 1.29 is 5.11 Å². The second-order valence-electron chi connectivity index (χ2n) is 5.79. The molecular weight excluding hydrogens is 307 g/mol. The summed E-state index contributed by atoms with van der Waals surface area (Å²) in [4.78, 5) is 4.84. The topological polar surface area (TPSA) is 26.7 Å². The van der Waals surface area contributed by atoms with E-state index in [1.807, 2.05) is 12.1 Å². The number of benzene rings is 1. The van der Waals surface area contributed by atoms with Crippen molar-refractivity contribution in [2.24, 2.45) is 0 Å². The van der Waals surface area contributed by atoms with Crippen LogP contribution in [0.5, 0.6) is 0 Å². The summed E-state index contributed by atoms with van der Waals surface area (Å²) < 4.78 is 0. The van der Waals surface area contributed by atoms with E-state index in [9.17, 15) is 5.11 Å². The van der Waals surface area contributed by atoms with Crippen LogP contribution >= 0.6 is 23.2 Å². The Labute approximate surface area is 137 Å². The number of likely N-dealkylation sites (N-methyl/N-ethyl adjacent to an activating group) is 1. The third-order valence-electron chi connectivity index (χ3n) is 4.39. The highest BCUT2D eigenvalue weighted by molar-refractivity contribution is 6.42. The summed E-state index contributed by atoms with van der Waals surface area (Å²) in [5.74, 6) is 0. The van der Waals surface area contributed by atoms with Gasteiger partial charge in [-0.3, -0.25) is 0 Å². The molecule has 0 radical (unpaired) electrons. The fraction of sp³-hybridized carbons (Fsp3) is 0.625. The molecule has 0 bridgehead atoms. The van der Waals surface area contributed by atoms with Crippen molar-refractivity contribution in [2.75, 3.05) is 33.2 Å². The van der Waals surface area contributed by atoms with E-state index in [1.54, 1.807) is 6.07 Å². The molecule has 118 valence electrons. The van der Waals surface area contributed by atoms with Gasteiger partial charge in [0.05, 0.1) is 16.1 Å². The Bertz CT molecular complexity index is 470. The minimum absolute atomic E-state index is 0.469. The second-order valence-corrected chi connectivity index (χ2v) is 6.58. The minimum Gasteiger partial charge on any atom is -0.388 e. The standard InChI is InChI=1S/C16H24Cl2N2O/c1-3-12-11-20(10-9-19(12)2)8-7-15(21)13-5-4-6-14(17)16(13)18/h4-6,12,15,21H,3,7-11H2,1-2H3. The van der Waals surface area contributed by atoms with Crippen LogP contribution in [0.1, 0.15) is 31.4 Å². The molecule has 1 saturated heterocycles. The predicted molar refractivity (Wildman–Crippen MR) is 89.2 cm³/mol. The average molecular weight is 331 g/mol. The molecule has 21 heavy (non-hydrogen) atoms. The number of piperazine rings is 1. The molecule has 0 aromatic heterocycles. The van der Waals surface area contributed by atoms with Gasteiger partial charge < -0.3 is 14.9 Å². The van der Waals surface area contributed by atoms with Crippen molar-refractivity contribution in [1.29, 1.82) is 0 Å². The van der Waals surface area contributed by atoms with E-state index in [-0.39, 0.29) is 0 Å². The number of hydrogen-bond acceptors (Lipinski definition) is 3. The molecule has 1 aliphatic rings. The van der Waals surface area contributed by atoms with Crippen LogP contribution in [0.2, 0.25) is 10.0 Å². The highest BCUT2D eigenvalue weighted by atomic mass is 35.5. The Morgan fingerprint density at radius 2 is 2.10 bits per heavy atom. The third kappa shape index (κ3) is 4.33. The van der Waals surface area contributed by atoms with Crippen LogP contribution in [-0.4, -0.2) is 54.2 Å². The molecule has 3 nitrogen and oxygen atoms in total. The quantitative estimate of drug-likeness (QED) is 0.895. The maximum Gasteiger partial charge on any atom is 0.0817 e. The van der Waals surface area contributed by atoms with Crippen molar-refractivity contribution in [2.45, 2.75) is 31.9 Å². The Kier molecular flexibility index (Phi) is 6.33. The van der Waals surface area contributed by atoms with E-state index in [0.717, 1.165) is 38.2 Å². The monoisotopic (exact) mass is 330 g/mol. The third-order valence-corrected chi connectivity index (χ3v) is 5.23. The molecule has 0 saturated carbocycles. The highest BCUT2D eigenvalue weighted by Crippen LogP contribution is 2.31. The van der Waals surface area contributed by atoms with Crippen molar-refractivity contribution in [3.8, 4) is 0 Å². The van der Waals surface area contributed by atoms with Gasteiger partial charge in [0.25, 0.3) is 0 Å². The molecule has 1 aromatic rings. The Hall–Kier alpha value is -0.320. The zero-order valence-electron chi connectivity index (χ0n) is 12.7. The first-order valence-corrected chi connectivity index (χ1v) is 8.33. The molecule has 1 heterocycles. The Morgan fingerprint density at radius 1 is 1.33 bits per heavy atom. The molecule has 2 rings (SSSR count). The molecule has 5 heteroatoms. The van der Waals surface area contributed by atoms with Crippen molar-refractivity contribution in [3.05, 3.63) is 33.8 Å². The normalized spacial score (nSPS) is 22.4. The molecule has 0 spiro atoms. The lowest BCUT2D eigenvalue weighted by atomic mass is 10.1. The first-order valence-electron chi connectivity index (χ1n) is 7.57. The Morgan fingerprint density at radius 3 is 2.81 bits per heavy atom. The van der Waals surface area contributed by atoms with E-state index in [0.29, 0.717) is 22.5 Å². The average Bonchev–Trinajstić information content (AvgIpc) is 2.49. The minimum atomic E-state index is -0.559. The van der Waals surface area contributed by atoms with Gasteiger partial charge in [-0.15, -0.1) is 0 Å². The number of rotatable bonds is 5. The molecule has 0 aliphatic carbocycles. The summed E-state index contributed by atoms with van der Waals surface area (Å²) in [6.45, 7) is 6.33. The van der Waals surface area contributed by atoms with Crippen molar-refractivity contribution in [3.63, 3.8) is 0 Å². The van der Waals surface area contributed by atoms with Crippen LogP contribution < -0.4 is 0 Å². The fourth-order valence-corrected chi connectivity index (χ4v) is 3.33. The molecule has 2 atom stereocenters. The SMILES string of the molecule is CCC1CN(CCC(O)c2cccc(Cl)c2Cl)CCN1C. The summed E-state index contributed by atoms with van der Waals surface area (Å²) in [6.07, 6.45) is 1.28. The second kappa shape index (κ2) is 7.80. The molecule has 1 N–H and O–H groups in total. The largest absolute Gasteiger partial charge is 0.388 e. The Balaban J connectivity index is 1.89. The van der Waals surface area contributed by atoms with Crippen LogP contribution in [-0.2, 0) is 0 Å². The van der Waals surface area contributed by atoms with Crippen LogP contribution in [0.25, 0.3) is 0 Å². The van der Waals surface area contributed by atoms with Gasteiger partial charge in [-0.05, 0) is 26.0 Å². The van der Waals surface area contributed by atoms with E-state index in [4.69, 9.17) is 23.2 Å². The lowest BCUT2D eigenvalue weighted by Crippen LogP contribution is -2.51. The molecule has 1 aromatic carbocycles. The molecular formula is C16H24Cl2N2O. The van der Waals surface area contributed by atoms with E-state index in [2.05, 4.69) is 23.8 Å². The molecule has 2 unspecified atom stereocenters. The summed E-state index contributed by atoms with van der Waals surface area (Å²) >= 11 is 12.2. The van der Waals surface area contributed by atoms with Gasteiger partial charge in [-0.1, -0.05) is 42.3 Å². The van der Waals surface area contributed by atoms with Crippen LogP contribution in [0, 0.1) is 0 Å². The maximum atomic E-state index is 10.4. The first-order chi connectivity index (χ1) is 10.0. The lowest BCUT2D eigenvalue weighted by Gasteiger charge is -2.39. The van der Waals surface area contributed by atoms with Gasteiger partial charge in [0.1, 0.15) is 0 Å². The van der Waals surface area contributed by atoms with Gasteiger partial charge in [0.2, 0.25) is 0 Å². The number of halogens is 2. The zero-order chi connectivity index (χ0) is 15.4. The predicted octanol–water partition coefficient (Wildman–Crippen LogP) is 3.44. The number of aliphatic hydroxyl groups is 1. The van der Waals surface area contributed by atoms with Crippen LogP contribution in [0.15, 0.2) is 18.2 Å². The smallest absolute Gasteiger partial charge is 0.0817 e. The van der Waals surface area contributed by atoms with Crippen LogP contribution in [0.3, 0.4) is 0 Å². The van der Waals surface area contributed by atoms with E-state index >= 15 is 0 Å². The first kappa shape index (κ1) is 17.0. The van der Waals surface area contributed by atoms with Crippen LogP contribution in [0.4, 0.5) is 0 Å². The summed E-state index contributed by atoms with van der Waals surface area (Å²) in [5.41, 5.74) is 0.727. The van der Waals surface area contributed by atoms with Gasteiger partial charge in [-0.2, -0.15) is 0 Å². The van der Waals surface area contributed by atoms with Gasteiger partial charge >= 0.3 is 0 Å². The number of nitrogens with zero attached hydrogens (tertiary/aromatic N) is 2. The lowest BCUT2D eigenvalue weighted by molar-refractivity contribution is 0.0755. The van der Waals surface area contributed by atoms with Crippen molar-refractivity contribution in [1.82, 2.24) is 9.80 Å². The van der Waals surface area contributed by atoms with Gasteiger partial charge in [-0.25, -0.2) is 0 Å². The van der Waals surface area contributed by atoms with Gasteiger partial charge in [0.15, 0.2) is 0 Å². The number of aliphatic hydroxyl groups excluding tert-OH is 1. The fourth-order valence-electron chi connectivity index (χ4n) is 2.89. The van der Waals surface area contributed by atoms with Crippen molar-refractivity contribution >= 4 is 23.2 Å². The van der Waals surface area contributed by atoms with Gasteiger partial charge in [0, 0.05) is 37.8 Å². The summed E-state index contributed by atoms with van der Waals surface area (Å²) in [7, 11) is 2.19. The van der Waals surface area contributed by atoms with E-state index < -0.39 is 6.10 Å². The molecule has 1 aliphatic heterocycles.